The topological polar surface area (TPSA) is 44.2 Å². The third-order valence-corrected chi connectivity index (χ3v) is 4.16. The molecule has 2 rings (SSSR count). The second-order valence-corrected chi connectivity index (χ2v) is 5.61. The molecule has 2 heterocycles. The largest absolute Gasteiger partial charge is 0.381 e. The van der Waals surface area contributed by atoms with Gasteiger partial charge >= 0.3 is 0 Å². The number of aromatic nitrogens is 2. The fourth-order valence-corrected chi connectivity index (χ4v) is 3.08. The van der Waals surface area contributed by atoms with Gasteiger partial charge in [0.25, 0.3) is 0 Å². The summed E-state index contributed by atoms with van der Waals surface area (Å²) in [6.07, 6.45) is 3.18. The van der Waals surface area contributed by atoms with E-state index in [4.69, 9.17) is 32.7 Å². The zero-order valence-electron chi connectivity index (χ0n) is 11.9. The zero-order valence-corrected chi connectivity index (χ0v) is 13.4. The van der Waals surface area contributed by atoms with Gasteiger partial charge in [-0.15, -0.1) is 0 Å². The standard InChI is InChI=1S/C14H20Cl2N2O2/c1-3-5-10-11(15)17-13(18-12(10)16)14(20-4-2)6-8-19-9-7-14/h3-9H2,1-2H3. The third kappa shape index (κ3) is 3.25. The molecule has 0 atom stereocenters. The molecule has 0 unspecified atom stereocenters. The lowest BCUT2D eigenvalue weighted by molar-refractivity contribution is -0.117. The highest BCUT2D eigenvalue weighted by Crippen LogP contribution is 2.36. The van der Waals surface area contributed by atoms with E-state index in [0.29, 0.717) is 36.0 Å². The summed E-state index contributed by atoms with van der Waals surface area (Å²) in [5, 5.41) is 0.875. The van der Waals surface area contributed by atoms with Crippen LogP contribution in [0, 0.1) is 0 Å². The average molecular weight is 319 g/mol. The van der Waals surface area contributed by atoms with Crippen molar-refractivity contribution < 1.29 is 9.47 Å². The van der Waals surface area contributed by atoms with E-state index in [9.17, 15) is 0 Å². The Balaban J connectivity index is 2.39. The summed E-state index contributed by atoms with van der Waals surface area (Å²) in [6.45, 7) is 5.90. The minimum atomic E-state index is -0.523. The van der Waals surface area contributed by atoms with Gasteiger partial charge in [0.05, 0.1) is 0 Å². The number of nitrogens with zero attached hydrogens (tertiary/aromatic N) is 2. The number of rotatable bonds is 5. The molecule has 1 aliphatic heterocycles. The van der Waals surface area contributed by atoms with E-state index in [-0.39, 0.29) is 0 Å². The fraction of sp³-hybridized carbons (Fsp3) is 0.714. The van der Waals surface area contributed by atoms with Crippen LogP contribution in [0.3, 0.4) is 0 Å². The molecular formula is C14H20Cl2N2O2. The highest BCUT2D eigenvalue weighted by Gasteiger charge is 2.39. The maximum absolute atomic E-state index is 6.27. The van der Waals surface area contributed by atoms with Crippen molar-refractivity contribution >= 4 is 23.2 Å². The van der Waals surface area contributed by atoms with Gasteiger partial charge in [0.15, 0.2) is 5.82 Å². The van der Waals surface area contributed by atoms with E-state index in [1.54, 1.807) is 0 Å². The van der Waals surface area contributed by atoms with Crippen LogP contribution in [0.1, 0.15) is 44.5 Å². The Morgan fingerprint density at radius 1 is 1.15 bits per heavy atom. The van der Waals surface area contributed by atoms with E-state index in [0.717, 1.165) is 31.2 Å². The van der Waals surface area contributed by atoms with Crippen molar-refractivity contribution in [1.29, 1.82) is 0 Å². The van der Waals surface area contributed by atoms with Gasteiger partial charge in [-0.25, -0.2) is 9.97 Å². The van der Waals surface area contributed by atoms with Gasteiger partial charge in [0.2, 0.25) is 0 Å². The van der Waals surface area contributed by atoms with Gasteiger partial charge in [-0.3, -0.25) is 0 Å². The minimum absolute atomic E-state index is 0.437. The molecule has 0 aromatic carbocycles. The van der Waals surface area contributed by atoms with Crippen molar-refractivity contribution in [2.45, 2.75) is 45.1 Å². The van der Waals surface area contributed by atoms with Crippen molar-refractivity contribution in [3.05, 3.63) is 21.7 Å². The molecular weight excluding hydrogens is 299 g/mol. The number of hydrogen-bond acceptors (Lipinski definition) is 4. The number of hydrogen-bond donors (Lipinski definition) is 0. The molecule has 0 aliphatic carbocycles. The Hall–Kier alpha value is -0.420. The third-order valence-electron chi connectivity index (χ3n) is 3.53. The van der Waals surface area contributed by atoms with Crippen molar-refractivity contribution in [3.8, 4) is 0 Å². The lowest BCUT2D eigenvalue weighted by atomic mass is 9.92. The van der Waals surface area contributed by atoms with Crippen LogP contribution in [-0.4, -0.2) is 29.8 Å². The van der Waals surface area contributed by atoms with E-state index in [1.807, 2.05) is 6.92 Å². The maximum atomic E-state index is 6.27. The molecule has 0 bridgehead atoms. The van der Waals surface area contributed by atoms with Gasteiger partial charge in [-0.2, -0.15) is 0 Å². The van der Waals surface area contributed by atoms with Crippen LogP contribution in [0.25, 0.3) is 0 Å². The Morgan fingerprint density at radius 2 is 1.75 bits per heavy atom. The molecule has 20 heavy (non-hydrogen) atoms. The quantitative estimate of drug-likeness (QED) is 0.775. The van der Waals surface area contributed by atoms with E-state index >= 15 is 0 Å². The van der Waals surface area contributed by atoms with Gasteiger partial charge < -0.3 is 9.47 Å². The van der Waals surface area contributed by atoms with Crippen molar-refractivity contribution in [2.24, 2.45) is 0 Å². The molecule has 6 heteroatoms. The summed E-state index contributed by atoms with van der Waals surface area (Å²) < 4.78 is 11.4. The Kier molecular flexibility index (Phi) is 5.61. The van der Waals surface area contributed by atoms with Gasteiger partial charge in [0.1, 0.15) is 15.9 Å². The first-order valence-electron chi connectivity index (χ1n) is 7.07. The highest BCUT2D eigenvalue weighted by atomic mass is 35.5. The molecule has 4 nitrogen and oxygen atoms in total. The van der Waals surface area contributed by atoms with Gasteiger partial charge in [-0.05, 0) is 13.3 Å². The highest BCUT2D eigenvalue weighted by molar-refractivity contribution is 6.34. The van der Waals surface area contributed by atoms with Crippen LogP contribution in [0.2, 0.25) is 10.3 Å². The first kappa shape index (κ1) is 16.0. The summed E-state index contributed by atoms with van der Waals surface area (Å²) in [5.74, 6) is 0.581. The fourth-order valence-electron chi connectivity index (χ4n) is 2.50. The molecule has 1 saturated heterocycles. The van der Waals surface area contributed by atoms with Crippen molar-refractivity contribution in [3.63, 3.8) is 0 Å². The molecule has 0 spiro atoms. The lowest BCUT2D eigenvalue weighted by Crippen LogP contribution is -2.38. The molecule has 1 fully saturated rings. The van der Waals surface area contributed by atoms with E-state index in [2.05, 4.69) is 16.9 Å². The summed E-state index contributed by atoms with van der Waals surface area (Å²) in [7, 11) is 0. The first-order chi connectivity index (χ1) is 9.63. The molecule has 0 amide bonds. The SMILES string of the molecule is CCCc1c(Cl)nc(C2(OCC)CCOCC2)nc1Cl. The predicted octanol–water partition coefficient (Wildman–Crippen LogP) is 3.78. The van der Waals surface area contributed by atoms with Crippen LogP contribution in [-0.2, 0) is 21.5 Å². The second-order valence-electron chi connectivity index (χ2n) is 4.90. The van der Waals surface area contributed by atoms with Crippen LogP contribution < -0.4 is 0 Å². The van der Waals surface area contributed by atoms with Crippen molar-refractivity contribution in [2.75, 3.05) is 19.8 Å². The Morgan fingerprint density at radius 3 is 2.25 bits per heavy atom. The second kappa shape index (κ2) is 7.03. The molecule has 1 aromatic heterocycles. The molecule has 0 saturated carbocycles. The molecule has 1 aromatic rings. The Labute approximate surface area is 129 Å². The van der Waals surface area contributed by atoms with Crippen LogP contribution in [0.4, 0.5) is 0 Å². The van der Waals surface area contributed by atoms with Crippen LogP contribution >= 0.6 is 23.2 Å². The van der Waals surface area contributed by atoms with Gasteiger partial charge in [0, 0.05) is 38.2 Å². The lowest BCUT2D eigenvalue weighted by Gasteiger charge is -2.35. The normalized spacial score (nSPS) is 18.2. The van der Waals surface area contributed by atoms with Crippen LogP contribution in [0.15, 0.2) is 0 Å². The van der Waals surface area contributed by atoms with E-state index < -0.39 is 5.60 Å². The number of ether oxygens (including phenoxy) is 2. The average Bonchev–Trinajstić information content (AvgIpc) is 2.44. The summed E-state index contributed by atoms with van der Waals surface area (Å²) >= 11 is 12.5. The molecule has 0 N–H and O–H groups in total. The summed E-state index contributed by atoms with van der Waals surface area (Å²) in [6, 6.07) is 0. The molecule has 1 aliphatic rings. The first-order valence-corrected chi connectivity index (χ1v) is 7.82. The monoisotopic (exact) mass is 318 g/mol. The van der Waals surface area contributed by atoms with E-state index in [1.165, 1.54) is 0 Å². The predicted molar refractivity (Wildman–Crippen MR) is 79.4 cm³/mol. The van der Waals surface area contributed by atoms with Gasteiger partial charge in [-0.1, -0.05) is 36.5 Å². The molecule has 112 valence electrons. The zero-order chi connectivity index (χ0) is 14.6. The minimum Gasteiger partial charge on any atom is -0.381 e. The summed E-state index contributed by atoms with van der Waals surface area (Å²) in [5.41, 5.74) is 0.295. The smallest absolute Gasteiger partial charge is 0.163 e. The summed E-state index contributed by atoms with van der Waals surface area (Å²) in [4.78, 5) is 8.91. The Bertz CT molecular complexity index is 434. The number of halogens is 2. The van der Waals surface area contributed by atoms with Crippen molar-refractivity contribution in [1.82, 2.24) is 9.97 Å². The maximum Gasteiger partial charge on any atom is 0.163 e. The van der Waals surface area contributed by atoms with Crippen LogP contribution in [0.5, 0.6) is 0 Å². The molecule has 0 radical (unpaired) electrons.